The number of pyridine rings is 1. The highest BCUT2D eigenvalue weighted by Crippen LogP contribution is 2.37. The number of amides is 1. The van der Waals surface area contributed by atoms with Gasteiger partial charge in [0, 0.05) is 21.4 Å². The molecule has 26 heavy (non-hydrogen) atoms. The number of carbonyl (C=O) groups excluding carboxylic acids is 1. The number of anilines is 1. The van der Waals surface area contributed by atoms with Crippen LogP contribution in [0.4, 0.5) is 5.69 Å². The number of benzene rings is 3. The fourth-order valence-electron chi connectivity index (χ4n) is 2.79. The molecule has 3 aromatic carbocycles. The summed E-state index contributed by atoms with van der Waals surface area (Å²) in [4.78, 5) is 18.9. The third kappa shape index (κ3) is 3.46. The van der Waals surface area contributed by atoms with Crippen molar-refractivity contribution in [3.63, 3.8) is 0 Å². The number of hydrogen-bond donors (Lipinski definition) is 1. The average molecular weight is 356 g/mol. The lowest BCUT2D eigenvalue weighted by Crippen LogP contribution is -2.13. The van der Waals surface area contributed by atoms with E-state index in [0.29, 0.717) is 5.69 Å². The number of nitrogens with one attached hydrogen (secondary N) is 1. The predicted octanol–water partition coefficient (Wildman–Crippen LogP) is 5.64. The molecule has 0 spiro atoms. The summed E-state index contributed by atoms with van der Waals surface area (Å²) in [6.07, 6.45) is 1.62. The van der Waals surface area contributed by atoms with Crippen molar-refractivity contribution in [2.45, 2.75) is 9.79 Å². The summed E-state index contributed by atoms with van der Waals surface area (Å²) in [5.74, 6) is -0.211. The van der Waals surface area contributed by atoms with E-state index < -0.39 is 0 Å². The van der Waals surface area contributed by atoms with Crippen molar-refractivity contribution in [3.8, 4) is 0 Å². The van der Waals surface area contributed by atoms with Crippen LogP contribution in [0.2, 0.25) is 0 Å². The fourth-order valence-corrected chi connectivity index (χ4v) is 3.82. The molecule has 1 heterocycles. The van der Waals surface area contributed by atoms with Gasteiger partial charge in [-0.3, -0.25) is 9.78 Å². The molecule has 4 rings (SSSR count). The van der Waals surface area contributed by atoms with Gasteiger partial charge in [0.2, 0.25) is 0 Å². The number of carbonyl (C=O) groups is 1. The summed E-state index contributed by atoms with van der Waals surface area (Å²) in [5, 5.41) is 5.14. The number of hydrogen-bond acceptors (Lipinski definition) is 3. The van der Waals surface area contributed by atoms with Crippen molar-refractivity contribution in [2.24, 2.45) is 0 Å². The van der Waals surface area contributed by atoms with Crippen LogP contribution in [-0.2, 0) is 0 Å². The maximum atomic E-state index is 12.5. The van der Waals surface area contributed by atoms with Crippen LogP contribution < -0.4 is 5.32 Å². The van der Waals surface area contributed by atoms with E-state index in [9.17, 15) is 4.79 Å². The first-order valence-corrected chi connectivity index (χ1v) is 9.10. The lowest BCUT2D eigenvalue weighted by Gasteiger charge is -2.12. The van der Waals surface area contributed by atoms with Gasteiger partial charge in [-0.05, 0) is 41.8 Å². The lowest BCUT2D eigenvalue weighted by molar-refractivity contribution is 0.102. The molecular formula is C22H16N2OS. The van der Waals surface area contributed by atoms with E-state index in [4.69, 9.17) is 0 Å². The largest absolute Gasteiger partial charge is 0.320 e. The Kier molecular flexibility index (Phi) is 4.67. The minimum atomic E-state index is -0.211. The minimum Gasteiger partial charge on any atom is -0.320 e. The molecule has 1 aromatic heterocycles. The monoisotopic (exact) mass is 356 g/mol. The van der Waals surface area contributed by atoms with Gasteiger partial charge in [0.1, 0.15) is 5.69 Å². The van der Waals surface area contributed by atoms with E-state index in [1.807, 2.05) is 42.5 Å². The van der Waals surface area contributed by atoms with Gasteiger partial charge in [-0.15, -0.1) is 0 Å². The lowest BCUT2D eigenvalue weighted by atomic mass is 10.1. The summed E-state index contributed by atoms with van der Waals surface area (Å²) in [5.41, 5.74) is 1.19. The zero-order chi connectivity index (χ0) is 17.8. The molecule has 0 fully saturated rings. The SMILES string of the molecule is O=C(Nc1cccc2cccc(Sc3ccccc3)c12)c1ccccn1. The Morgan fingerprint density at radius 3 is 2.35 bits per heavy atom. The fraction of sp³-hybridized carbons (Fsp3) is 0. The highest BCUT2D eigenvalue weighted by molar-refractivity contribution is 7.99. The molecule has 4 aromatic rings. The Hall–Kier alpha value is -3.11. The third-order valence-corrected chi connectivity index (χ3v) is 5.05. The highest BCUT2D eigenvalue weighted by Gasteiger charge is 2.12. The Balaban J connectivity index is 1.74. The van der Waals surface area contributed by atoms with Gasteiger partial charge in [-0.1, -0.05) is 60.3 Å². The normalized spacial score (nSPS) is 10.6. The van der Waals surface area contributed by atoms with Crippen molar-refractivity contribution in [1.29, 1.82) is 0 Å². The molecule has 0 atom stereocenters. The van der Waals surface area contributed by atoms with Crippen molar-refractivity contribution in [2.75, 3.05) is 5.32 Å². The molecule has 0 saturated heterocycles. The third-order valence-electron chi connectivity index (χ3n) is 3.98. The van der Waals surface area contributed by atoms with E-state index in [1.165, 1.54) is 0 Å². The van der Waals surface area contributed by atoms with E-state index in [2.05, 4.69) is 40.6 Å². The molecule has 0 unspecified atom stereocenters. The van der Waals surface area contributed by atoms with Crippen LogP contribution in [0.1, 0.15) is 10.5 Å². The first kappa shape index (κ1) is 16.4. The number of aromatic nitrogens is 1. The first-order chi connectivity index (χ1) is 12.8. The summed E-state index contributed by atoms with van der Waals surface area (Å²) >= 11 is 1.69. The number of nitrogens with zero attached hydrogens (tertiary/aromatic N) is 1. The van der Waals surface area contributed by atoms with Crippen molar-refractivity contribution >= 4 is 34.1 Å². The second-order valence-electron chi connectivity index (χ2n) is 5.74. The molecule has 0 saturated carbocycles. The zero-order valence-electron chi connectivity index (χ0n) is 13.9. The molecule has 0 aliphatic carbocycles. The van der Waals surface area contributed by atoms with Gasteiger partial charge in [-0.25, -0.2) is 0 Å². The van der Waals surface area contributed by atoms with Crippen molar-refractivity contribution < 1.29 is 4.79 Å². The molecule has 0 aliphatic heterocycles. The quantitative estimate of drug-likeness (QED) is 0.514. The molecule has 1 N–H and O–H groups in total. The molecule has 126 valence electrons. The topological polar surface area (TPSA) is 42.0 Å². The predicted molar refractivity (Wildman–Crippen MR) is 107 cm³/mol. The summed E-state index contributed by atoms with van der Waals surface area (Å²) in [6, 6.07) is 27.6. The van der Waals surface area contributed by atoms with Gasteiger partial charge in [0.05, 0.1) is 5.69 Å². The molecular weight excluding hydrogens is 340 g/mol. The van der Waals surface area contributed by atoms with Gasteiger partial charge in [-0.2, -0.15) is 0 Å². The standard InChI is InChI=1S/C22H16N2OS/c25-22(19-12-4-5-15-23-19)24-18-13-6-8-16-9-7-14-20(21(16)18)26-17-10-2-1-3-11-17/h1-15H,(H,24,25). The molecule has 0 radical (unpaired) electrons. The van der Waals surface area contributed by atoms with E-state index in [1.54, 1.807) is 30.1 Å². The smallest absolute Gasteiger partial charge is 0.274 e. The van der Waals surface area contributed by atoms with Crippen LogP contribution in [0.15, 0.2) is 101 Å². The molecule has 1 amide bonds. The molecule has 0 aliphatic rings. The second kappa shape index (κ2) is 7.42. The van der Waals surface area contributed by atoms with Gasteiger partial charge in [0.15, 0.2) is 0 Å². The van der Waals surface area contributed by atoms with Gasteiger partial charge < -0.3 is 5.32 Å². The van der Waals surface area contributed by atoms with Crippen molar-refractivity contribution in [1.82, 2.24) is 4.98 Å². The van der Waals surface area contributed by atoms with Crippen LogP contribution in [0.3, 0.4) is 0 Å². The summed E-state index contributed by atoms with van der Waals surface area (Å²) in [7, 11) is 0. The van der Waals surface area contributed by atoms with Crippen LogP contribution >= 0.6 is 11.8 Å². The first-order valence-electron chi connectivity index (χ1n) is 8.28. The van der Waals surface area contributed by atoms with E-state index >= 15 is 0 Å². The Morgan fingerprint density at radius 1 is 0.808 bits per heavy atom. The van der Waals surface area contributed by atoms with E-state index in [0.717, 1.165) is 26.3 Å². The Morgan fingerprint density at radius 2 is 1.58 bits per heavy atom. The highest BCUT2D eigenvalue weighted by atomic mass is 32.2. The van der Waals surface area contributed by atoms with Crippen LogP contribution in [0, 0.1) is 0 Å². The maximum Gasteiger partial charge on any atom is 0.274 e. The Labute approximate surface area is 156 Å². The summed E-state index contributed by atoms with van der Waals surface area (Å²) < 4.78 is 0. The Bertz CT molecular complexity index is 1040. The maximum absolute atomic E-state index is 12.5. The van der Waals surface area contributed by atoms with Crippen LogP contribution in [0.5, 0.6) is 0 Å². The molecule has 3 nitrogen and oxygen atoms in total. The van der Waals surface area contributed by atoms with Gasteiger partial charge in [0.25, 0.3) is 5.91 Å². The van der Waals surface area contributed by atoms with Crippen molar-refractivity contribution in [3.05, 3.63) is 96.8 Å². The minimum absolute atomic E-state index is 0.211. The second-order valence-corrected chi connectivity index (χ2v) is 6.86. The number of rotatable bonds is 4. The van der Waals surface area contributed by atoms with Crippen LogP contribution in [-0.4, -0.2) is 10.9 Å². The van der Waals surface area contributed by atoms with Gasteiger partial charge >= 0.3 is 0 Å². The number of fused-ring (bicyclic) bond motifs is 1. The molecule has 4 heteroatoms. The zero-order valence-corrected chi connectivity index (χ0v) is 14.7. The van der Waals surface area contributed by atoms with Crippen LogP contribution in [0.25, 0.3) is 10.8 Å². The average Bonchev–Trinajstić information content (AvgIpc) is 2.70. The molecule has 0 bridgehead atoms. The summed E-state index contributed by atoms with van der Waals surface area (Å²) in [6.45, 7) is 0. The van der Waals surface area contributed by atoms with E-state index in [-0.39, 0.29) is 5.91 Å².